The number of sulfone groups is 4. The first-order valence-electron chi connectivity index (χ1n) is 47.6. The molecular formula is C121H101FN8O11S8. The number of hydrogen-bond donors (Lipinski definition) is 2. The highest BCUT2D eigenvalue weighted by Gasteiger charge is 2.28. The Kier molecular flexibility index (Phi) is 30.5. The first kappa shape index (κ1) is 104. The molecule has 0 aliphatic heterocycles. The van der Waals surface area contributed by atoms with Crippen LogP contribution in [0.3, 0.4) is 0 Å². The molecule has 12 aromatic carbocycles. The van der Waals surface area contributed by atoms with Crippen LogP contribution in [0.15, 0.2) is 376 Å². The first-order valence-corrected chi connectivity index (χ1v) is 58.6. The molecule has 746 valence electrons. The summed E-state index contributed by atoms with van der Waals surface area (Å²) in [7, 11) is -13.2. The van der Waals surface area contributed by atoms with E-state index in [4.69, 9.17) is 4.98 Å². The van der Waals surface area contributed by atoms with Gasteiger partial charge < -0.3 is 10.2 Å². The fraction of sp³-hybridized carbons (Fsp3) is 0.132. The van der Waals surface area contributed by atoms with E-state index in [9.17, 15) is 53.1 Å². The Labute approximate surface area is 881 Å². The van der Waals surface area contributed by atoms with Gasteiger partial charge in [0.05, 0.1) is 53.4 Å². The highest BCUT2D eigenvalue weighted by atomic mass is 32.2. The summed E-state index contributed by atoms with van der Waals surface area (Å²) >= 11 is 5.67. The molecule has 28 heteroatoms. The van der Waals surface area contributed by atoms with Crippen LogP contribution in [0.4, 0.5) is 4.39 Å². The molecule has 0 bridgehead atoms. The SMILES string of the molecule is CC(C)(F)c1cc(-c2cccc(/C=C(/c3ccc(S(C)(=O)=O)cc3)c3nccs3)c2)c2ncccc2c1.CC(C)(O)c1cc(-c2cccc(/C=C(/c3ccc(S(C)(=O)=O)cc3)c3nccs3)c2)c2ncccc2c1.CC(C)c1cc(-c2cccc(/C=C(/c3ccc(S(C)(=O)=O)cc3)c3ncc(C(=O)O)s3)c2)c2ncccc2c1.CS(=O)(=O)c1ccc(/C(=C/c2cccc(-c3cc(C4CC4)cc4cccnc34)c2)c2nccs2)cc1. The smallest absolute Gasteiger partial charge is 0.347 e. The van der Waals surface area contributed by atoms with Crippen molar-refractivity contribution < 1.29 is 53.1 Å². The minimum Gasteiger partial charge on any atom is -0.477 e. The van der Waals surface area contributed by atoms with E-state index < -0.39 is 56.6 Å². The second-order valence-corrected chi connectivity index (χ2v) is 49.5. The van der Waals surface area contributed by atoms with Gasteiger partial charge in [-0.25, -0.2) is 62.8 Å². The van der Waals surface area contributed by atoms with Crippen LogP contribution >= 0.6 is 45.3 Å². The van der Waals surface area contributed by atoms with Crippen molar-refractivity contribution >= 4 is 181 Å². The lowest BCUT2D eigenvalue weighted by Gasteiger charge is -2.20. The van der Waals surface area contributed by atoms with Crippen molar-refractivity contribution in [2.45, 2.75) is 97.1 Å². The Morgan fingerprint density at radius 3 is 0.960 bits per heavy atom. The zero-order chi connectivity index (χ0) is 105. The molecule has 20 aromatic rings. The number of carbonyl (C=O) groups is 1. The number of carboxylic acid groups (broad SMARTS) is 1. The number of rotatable bonds is 25. The number of aliphatic hydroxyl groups is 1. The van der Waals surface area contributed by atoms with Gasteiger partial charge in [0.15, 0.2) is 39.3 Å². The van der Waals surface area contributed by atoms with Crippen molar-refractivity contribution in [2.24, 2.45) is 0 Å². The van der Waals surface area contributed by atoms with Crippen molar-refractivity contribution in [2.75, 3.05) is 25.0 Å². The third kappa shape index (κ3) is 25.0. The normalized spacial score (nSPS) is 13.0. The van der Waals surface area contributed by atoms with Gasteiger partial charge in [0.2, 0.25) is 0 Å². The van der Waals surface area contributed by atoms with Gasteiger partial charge in [-0.15, -0.1) is 45.3 Å². The van der Waals surface area contributed by atoms with Gasteiger partial charge in [0, 0.05) is 151 Å². The molecule has 0 amide bonds. The fourth-order valence-corrected chi connectivity index (χ4v) is 22.7. The molecule has 1 aliphatic carbocycles. The van der Waals surface area contributed by atoms with E-state index in [1.807, 2.05) is 168 Å². The Balaban J connectivity index is 0.000000130. The lowest BCUT2D eigenvalue weighted by molar-refractivity contribution is 0.0701. The molecule has 0 unspecified atom stereocenters. The molecule has 8 aromatic heterocycles. The molecule has 1 saturated carbocycles. The minimum absolute atomic E-state index is 0.125. The molecule has 1 fully saturated rings. The number of hydrogen-bond acceptors (Lipinski definition) is 22. The standard InChI is InChI=1S/C31H26N2O4S2.C30H25FN2O2S2.C30H26N2O3S2.C30H24N2O2S2/c1-19(2)24-16-23-8-5-13-32-29(23)26(17-24)22-7-4-6-20(14-22)15-27(30-33-18-28(38-30)31(34)35)21-9-11-25(12-10-21)39(3,36)37;1-30(2,31)24-18-23-8-5-13-32-28(23)26(19-24)22-7-4-6-20(16-22)17-27(29-33-14-15-36-29)21-9-11-25(12-10-21)37(3,34)35;1-30(2,33)24-18-23-8-5-13-31-28(23)26(19-24)22-7-4-6-20(16-22)17-27(29-32-14-15-36-29)21-9-11-25(12-10-21)37(3,34)35;1-36(33,34)26-11-9-22(10-12-26)28(30-32-14-15-35-30)17-20-4-2-5-23(16-20)27-19-25(21-7-8-21)18-24-6-3-13-31-29(24)27/h4-19H,1-3H3,(H,34,35);4-19H,1-3H3;4-19,33H,1-3H3;2-6,9-19,21H,7-8H2,1H3/b27-15-;2*27-17-;28-17-. The number of carboxylic acids is 1. The van der Waals surface area contributed by atoms with Crippen molar-refractivity contribution in [1.29, 1.82) is 0 Å². The van der Waals surface area contributed by atoms with E-state index in [-0.39, 0.29) is 19.6 Å². The molecule has 8 heterocycles. The van der Waals surface area contributed by atoms with Gasteiger partial charge in [-0.3, -0.25) is 19.9 Å². The third-order valence-corrected chi connectivity index (χ3v) is 33.3. The summed E-state index contributed by atoms with van der Waals surface area (Å²) in [5, 5.41) is 33.1. The highest BCUT2D eigenvalue weighted by molar-refractivity contribution is 7.91. The van der Waals surface area contributed by atoms with Crippen LogP contribution in [0.5, 0.6) is 0 Å². The molecular weight excluding hydrogens is 2020 g/mol. The number of aromatic nitrogens is 8. The van der Waals surface area contributed by atoms with Gasteiger partial charge in [-0.1, -0.05) is 159 Å². The van der Waals surface area contributed by atoms with Crippen LogP contribution < -0.4 is 0 Å². The van der Waals surface area contributed by atoms with Gasteiger partial charge in [0.1, 0.15) is 30.6 Å². The van der Waals surface area contributed by atoms with Crippen molar-refractivity contribution in [3.05, 3.63) is 449 Å². The fourth-order valence-electron chi connectivity index (χ4n) is 17.4. The summed E-state index contributed by atoms with van der Waals surface area (Å²) in [6.07, 6.45) is 29.3. The van der Waals surface area contributed by atoms with Crippen LogP contribution in [-0.4, -0.2) is 115 Å². The molecule has 0 atom stereocenters. The zero-order valence-electron chi connectivity index (χ0n) is 82.7. The molecule has 21 rings (SSSR count). The second-order valence-electron chi connectivity index (χ2n) is 37.7. The average molecular weight is 2120 g/mol. The zero-order valence-corrected chi connectivity index (χ0v) is 89.3. The van der Waals surface area contributed by atoms with Gasteiger partial charge in [-0.2, -0.15) is 0 Å². The topological polar surface area (TPSA) is 297 Å². The maximum atomic E-state index is 15.0. The molecule has 0 spiro atoms. The Morgan fingerprint density at radius 2 is 0.664 bits per heavy atom. The summed E-state index contributed by atoms with van der Waals surface area (Å²) in [5.41, 5.74) is 23.9. The van der Waals surface area contributed by atoms with Crippen molar-refractivity contribution in [1.82, 2.24) is 39.9 Å². The number of thiazole rings is 4. The van der Waals surface area contributed by atoms with Gasteiger partial charge in [0.25, 0.3) is 0 Å². The predicted molar refractivity (Wildman–Crippen MR) is 606 cm³/mol. The first-order chi connectivity index (χ1) is 71.2. The Morgan fingerprint density at radius 1 is 0.356 bits per heavy atom. The molecule has 0 saturated heterocycles. The molecule has 0 radical (unpaired) electrons. The number of aromatic carboxylic acids is 1. The Hall–Kier alpha value is -15.1. The monoisotopic (exact) mass is 2120 g/mol. The van der Waals surface area contributed by atoms with E-state index in [1.54, 1.807) is 149 Å². The van der Waals surface area contributed by atoms with Crippen LogP contribution in [0, 0.1) is 0 Å². The largest absolute Gasteiger partial charge is 0.477 e. The summed E-state index contributed by atoms with van der Waals surface area (Å²) in [5.74, 6) is -0.0361. The van der Waals surface area contributed by atoms with Crippen LogP contribution in [0.2, 0.25) is 0 Å². The van der Waals surface area contributed by atoms with Crippen LogP contribution in [0.25, 0.3) is 135 Å². The van der Waals surface area contributed by atoms with Gasteiger partial charge >= 0.3 is 5.97 Å². The molecule has 149 heavy (non-hydrogen) atoms. The second kappa shape index (κ2) is 43.8. The van der Waals surface area contributed by atoms with E-state index in [1.165, 1.54) is 77.0 Å². The molecule has 19 nitrogen and oxygen atoms in total. The van der Waals surface area contributed by atoms with Crippen LogP contribution in [0.1, 0.15) is 163 Å². The minimum atomic E-state index is -3.36. The highest BCUT2D eigenvalue weighted by Crippen LogP contribution is 2.46. The predicted octanol–water partition coefficient (Wildman–Crippen LogP) is 28.5. The van der Waals surface area contributed by atoms with Gasteiger partial charge in [-0.05, 0) is 311 Å². The third-order valence-electron chi connectivity index (χ3n) is 25.3. The van der Waals surface area contributed by atoms with Crippen molar-refractivity contribution in [3.63, 3.8) is 0 Å². The average Bonchev–Trinajstić information content (AvgIpc) is 1.22. The number of pyridine rings is 4. The number of benzene rings is 12. The summed E-state index contributed by atoms with van der Waals surface area (Å²) in [6, 6.07) is 92.6. The quantitative estimate of drug-likeness (QED) is 0.0502. The van der Waals surface area contributed by atoms with E-state index in [0.717, 1.165) is 182 Å². The number of nitrogens with zero attached hydrogens (tertiary/aromatic N) is 8. The molecule has 2 N–H and O–H groups in total. The van der Waals surface area contributed by atoms with Crippen LogP contribution in [-0.2, 0) is 50.6 Å². The maximum absolute atomic E-state index is 15.0. The maximum Gasteiger partial charge on any atom is 0.347 e. The summed E-state index contributed by atoms with van der Waals surface area (Å²) < 4.78 is 111. The number of alkyl halides is 1. The number of fused-ring (bicyclic) bond motifs is 4. The summed E-state index contributed by atoms with van der Waals surface area (Å²) in [6.45, 7) is 11.0. The van der Waals surface area contributed by atoms with E-state index in [0.29, 0.717) is 32.9 Å². The Bertz CT molecular complexity index is 8820. The lowest BCUT2D eigenvalue weighted by Crippen LogP contribution is -2.15. The van der Waals surface area contributed by atoms with Crippen molar-refractivity contribution in [3.8, 4) is 44.5 Å². The summed E-state index contributed by atoms with van der Waals surface area (Å²) in [4.78, 5) is 49.3. The number of halogens is 1. The van der Waals surface area contributed by atoms with E-state index in [2.05, 4.69) is 146 Å². The van der Waals surface area contributed by atoms with E-state index >= 15 is 0 Å². The molecule has 1 aliphatic rings. The lowest BCUT2D eigenvalue weighted by atomic mass is 9.91.